The number of benzene rings is 1. The van der Waals surface area contributed by atoms with Crippen LogP contribution in [-0.2, 0) is 15.9 Å². The second-order valence-corrected chi connectivity index (χ2v) is 5.60. The summed E-state index contributed by atoms with van der Waals surface area (Å²) in [6, 6.07) is 8.66. The zero-order chi connectivity index (χ0) is 15.1. The van der Waals surface area contributed by atoms with E-state index >= 15 is 0 Å². The van der Waals surface area contributed by atoms with Crippen molar-refractivity contribution in [1.82, 2.24) is 5.43 Å². The number of nitrogens with one attached hydrogen (secondary N) is 1. The SMILES string of the molecule is CCCC(OCC)C(CC1OCCc2ccccc21)NN. The molecule has 4 heteroatoms. The Morgan fingerprint density at radius 3 is 2.90 bits per heavy atom. The van der Waals surface area contributed by atoms with Gasteiger partial charge in [0.25, 0.3) is 0 Å². The molecular weight excluding hydrogens is 264 g/mol. The van der Waals surface area contributed by atoms with Crippen LogP contribution in [0, 0.1) is 0 Å². The summed E-state index contributed by atoms with van der Waals surface area (Å²) in [7, 11) is 0. The molecule has 0 spiro atoms. The van der Waals surface area contributed by atoms with Gasteiger partial charge in [0.1, 0.15) is 0 Å². The van der Waals surface area contributed by atoms with E-state index in [2.05, 4.69) is 36.6 Å². The van der Waals surface area contributed by atoms with Gasteiger partial charge in [0.05, 0.1) is 24.9 Å². The lowest BCUT2D eigenvalue weighted by Crippen LogP contribution is -2.46. The van der Waals surface area contributed by atoms with Gasteiger partial charge in [-0.2, -0.15) is 0 Å². The molecule has 21 heavy (non-hydrogen) atoms. The van der Waals surface area contributed by atoms with Crippen molar-refractivity contribution < 1.29 is 9.47 Å². The summed E-state index contributed by atoms with van der Waals surface area (Å²) >= 11 is 0. The van der Waals surface area contributed by atoms with Crippen LogP contribution < -0.4 is 11.3 Å². The molecule has 1 aromatic rings. The maximum atomic E-state index is 5.99. The number of hydrazine groups is 1. The molecule has 4 nitrogen and oxygen atoms in total. The lowest BCUT2D eigenvalue weighted by atomic mass is 9.91. The average molecular weight is 292 g/mol. The van der Waals surface area contributed by atoms with Gasteiger partial charge >= 0.3 is 0 Å². The van der Waals surface area contributed by atoms with Gasteiger partial charge in [0.15, 0.2) is 0 Å². The molecule has 2 rings (SSSR count). The van der Waals surface area contributed by atoms with Gasteiger partial charge in [-0.05, 0) is 37.3 Å². The second kappa shape index (κ2) is 8.49. The van der Waals surface area contributed by atoms with Gasteiger partial charge in [0, 0.05) is 6.61 Å². The van der Waals surface area contributed by atoms with E-state index in [1.165, 1.54) is 11.1 Å². The molecule has 0 aromatic heterocycles. The molecule has 0 amide bonds. The van der Waals surface area contributed by atoms with Crippen molar-refractivity contribution in [3.8, 4) is 0 Å². The molecule has 0 radical (unpaired) electrons. The van der Waals surface area contributed by atoms with Crippen molar-refractivity contribution >= 4 is 0 Å². The first kappa shape index (κ1) is 16.4. The van der Waals surface area contributed by atoms with Gasteiger partial charge < -0.3 is 9.47 Å². The third-order valence-electron chi connectivity index (χ3n) is 4.18. The molecule has 3 N–H and O–H groups in total. The van der Waals surface area contributed by atoms with Crippen LogP contribution in [0.3, 0.4) is 0 Å². The molecular formula is C17H28N2O2. The van der Waals surface area contributed by atoms with Crippen molar-refractivity contribution in [2.45, 2.75) is 57.8 Å². The number of rotatable bonds is 8. The van der Waals surface area contributed by atoms with Crippen molar-refractivity contribution in [2.24, 2.45) is 5.84 Å². The fourth-order valence-corrected chi connectivity index (χ4v) is 3.13. The Kier molecular flexibility index (Phi) is 6.64. The van der Waals surface area contributed by atoms with Crippen LogP contribution in [0.5, 0.6) is 0 Å². The summed E-state index contributed by atoms with van der Waals surface area (Å²) in [5.41, 5.74) is 5.64. The summed E-state index contributed by atoms with van der Waals surface area (Å²) in [6.45, 7) is 5.70. The maximum absolute atomic E-state index is 5.99. The standard InChI is InChI=1S/C17H28N2O2/c1-3-7-16(20-4-2)15(19-18)12-17-14-9-6-5-8-13(14)10-11-21-17/h5-6,8-9,15-17,19H,3-4,7,10-12,18H2,1-2H3. The molecule has 0 aliphatic carbocycles. The minimum Gasteiger partial charge on any atom is -0.377 e. The van der Waals surface area contributed by atoms with E-state index < -0.39 is 0 Å². The Bertz CT molecular complexity index is 419. The van der Waals surface area contributed by atoms with E-state index in [-0.39, 0.29) is 18.2 Å². The fourth-order valence-electron chi connectivity index (χ4n) is 3.13. The predicted molar refractivity (Wildman–Crippen MR) is 84.9 cm³/mol. The highest BCUT2D eigenvalue weighted by Crippen LogP contribution is 2.31. The number of fused-ring (bicyclic) bond motifs is 1. The molecule has 1 heterocycles. The summed E-state index contributed by atoms with van der Waals surface area (Å²) in [6.07, 6.45) is 4.19. The molecule has 0 saturated carbocycles. The molecule has 0 bridgehead atoms. The lowest BCUT2D eigenvalue weighted by Gasteiger charge is -2.32. The highest BCUT2D eigenvalue weighted by molar-refractivity contribution is 5.31. The average Bonchev–Trinajstić information content (AvgIpc) is 2.52. The normalized spacial score (nSPS) is 20.8. The maximum Gasteiger partial charge on any atom is 0.0844 e. The summed E-state index contributed by atoms with van der Waals surface area (Å²) < 4.78 is 11.9. The van der Waals surface area contributed by atoms with Gasteiger partial charge in [-0.15, -0.1) is 0 Å². The van der Waals surface area contributed by atoms with Crippen LogP contribution in [0.2, 0.25) is 0 Å². The Morgan fingerprint density at radius 2 is 2.19 bits per heavy atom. The first-order valence-electron chi connectivity index (χ1n) is 8.07. The molecule has 1 aliphatic rings. The van der Waals surface area contributed by atoms with Crippen molar-refractivity contribution in [3.05, 3.63) is 35.4 Å². The second-order valence-electron chi connectivity index (χ2n) is 5.60. The highest BCUT2D eigenvalue weighted by Gasteiger charge is 2.28. The molecule has 1 aromatic carbocycles. The molecule has 1 aliphatic heterocycles. The van der Waals surface area contributed by atoms with Gasteiger partial charge in [-0.1, -0.05) is 37.6 Å². The van der Waals surface area contributed by atoms with Crippen LogP contribution in [-0.4, -0.2) is 25.4 Å². The Hall–Kier alpha value is -0.940. The van der Waals surface area contributed by atoms with E-state index in [1.54, 1.807) is 0 Å². The van der Waals surface area contributed by atoms with Crippen molar-refractivity contribution in [2.75, 3.05) is 13.2 Å². The molecule has 3 atom stereocenters. The minimum atomic E-state index is 0.107. The molecule has 3 unspecified atom stereocenters. The van der Waals surface area contributed by atoms with Crippen LogP contribution in [0.15, 0.2) is 24.3 Å². The zero-order valence-electron chi connectivity index (χ0n) is 13.2. The van der Waals surface area contributed by atoms with Gasteiger partial charge in [0.2, 0.25) is 0 Å². The van der Waals surface area contributed by atoms with Crippen LogP contribution in [0.25, 0.3) is 0 Å². The molecule has 118 valence electrons. The van der Waals surface area contributed by atoms with Crippen molar-refractivity contribution in [1.29, 1.82) is 0 Å². The van der Waals surface area contributed by atoms with E-state index in [0.717, 1.165) is 32.3 Å². The number of nitrogens with two attached hydrogens (primary N) is 1. The summed E-state index contributed by atoms with van der Waals surface area (Å²) in [5.74, 6) is 5.79. The summed E-state index contributed by atoms with van der Waals surface area (Å²) in [4.78, 5) is 0. The number of ether oxygens (including phenoxy) is 2. The summed E-state index contributed by atoms with van der Waals surface area (Å²) in [5, 5.41) is 0. The van der Waals surface area contributed by atoms with E-state index in [1.807, 2.05) is 6.92 Å². The van der Waals surface area contributed by atoms with Gasteiger partial charge in [-0.25, -0.2) is 0 Å². The smallest absolute Gasteiger partial charge is 0.0844 e. The monoisotopic (exact) mass is 292 g/mol. The first-order chi connectivity index (χ1) is 10.3. The Labute approximate surface area is 128 Å². The van der Waals surface area contributed by atoms with Gasteiger partial charge in [-0.3, -0.25) is 11.3 Å². The number of hydrogen-bond acceptors (Lipinski definition) is 4. The number of hydrogen-bond donors (Lipinski definition) is 2. The fraction of sp³-hybridized carbons (Fsp3) is 0.647. The van der Waals surface area contributed by atoms with E-state index in [9.17, 15) is 0 Å². The third kappa shape index (κ3) is 4.27. The molecule has 0 fully saturated rings. The highest BCUT2D eigenvalue weighted by atomic mass is 16.5. The zero-order valence-corrected chi connectivity index (χ0v) is 13.2. The van der Waals surface area contributed by atoms with Crippen LogP contribution >= 0.6 is 0 Å². The molecule has 0 saturated heterocycles. The van der Waals surface area contributed by atoms with E-state index in [0.29, 0.717) is 6.61 Å². The van der Waals surface area contributed by atoms with Crippen LogP contribution in [0.1, 0.15) is 50.3 Å². The minimum absolute atomic E-state index is 0.107. The predicted octanol–water partition coefficient (Wildman–Crippen LogP) is 2.73. The third-order valence-corrected chi connectivity index (χ3v) is 4.18. The first-order valence-corrected chi connectivity index (χ1v) is 8.07. The Morgan fingerprint density at radius 1 is 1.38 bits per heavy atom. The lowest BCUT2D eigenvalue weighted by molar-refractivity contribution is -0.0128. The van der Waals surface area contributed by atoms with E-state index in [4.69, 9.17) is 15.3 Å². The van der Waals surface area contributed by atoms with Crippen molar-refractivity contribution in [3.63, 3.8) is 0 Å². The van der Waals surface area contributed by atoms with Crippen LogP contribution in [0.4, 0.5) is 0 Å². The largest absolute Gasteiger partial charge is 0.377 e. The Balaban J connectivity index is 2.08. The topological polar surface area (TPSA) is 56.5 Å². The quantitative estimate of drug-likeness (QED) is 0.571.